The van der Waals surface area contributed by atoms with Gasteiger partial charge in [0.05, 0.1) is 6.61 Å². The predicted molar refractivity (Wildman–Crippen MR) is 66.5 cm³/mol. The standard InChI is InChI=1S/C11H24N2O.ClH/c1-11(2,8-12)9-13(3)6-10-4-5-14-7-10;/h10H,4-9,12H2,1-3H3;1H. The van der Waals surface area contributed by atoms with Gasteiger partial charge in [-0.15, -0.1) is 12.4 Å². The smallest absolute Gasteiger partial charge is 0.0507 e. The van der Waals surface area contributed by atoms with E-state index in [1.807, 2.05) is 0 Å². The molecule has 1 fully saturated rings. The molecule has 1 aliphatic heterocycles. The van der Waals surface area contributed by atoms with E-state index in [9.17, 15) is 0 Å². The molecule has 92 valence electrons. The van der Waals surface area contributed by atoms with Gasteiger partial charge in [0.1, 0.15) is 0 Å². The SMILES string of the molecule is CN(CC1CCOC1)CC(C)(C)CN.Cl. The van der Waals surface area contributed by atoms with Crippen molar-refractivity contribution in [3.05, 3.63) is 0 Å². The molecule has 1 unspecified atom stereocenters. The average Bonchev–Trinajstić information content (AvgIpc) is 2.55. The van der Waals surface area contributed by atoms with Crippen molar-refractivity contribution in [1.29, 1.82) is 0 Å². The summed E-state index contributed by atoms with van der Waals surface area (Å²) in [5.41, 5.74) is 5.94. The Morgan fingerprint density at radius 2 is 2.13 bits per heavy atom. The summed E-state index contributed by atoms with van der Waals surface area (Å²) in [6.45, 7) is 9.28. The molecular weight excluding hydrogens is 212 g/mol. The van der Waals surface area contributed by atoms with Crippen LogP contribution in [0.2, 0.25) is 0 Å². The maximum absolute atomic E-state index is 5.71. The van der Waals surface area contributed by atoms with Gasteiger partial charge in [-0.3, -0.25) is 0 Å². The summed E-state index contributed by atoms with van der Waals surface area (Å²) in [4.78, 5) is 2.38. The van der Waals surface area contributed by atoms with Crippen LogP contribution in [0.25, 0.3) is 0 Å². The molecule has 0 spiro atoms. The summed E-state index contributed by atoms with van der Waals surface area (Å²) < 4.78 is 5.36. The second-order valence-electron chi connectivity index (χ2n) is 5.29. The summed E-state index contributed by atoms with van der Waals surface area (Å²) in [5.74, 6) is 0.730. The normalized spacial score (nSPS) is 21.8. The molecule has 0 aromatic rings. The van der Waals surface area contributed by atoms with E-state index in [0.717, 1.165) is 38.8 Å². The Hall–Kier alpha value is 0.170. The van der Waals surface area contributed by atoms with E-state index in [1.165, 1.54) is 6.42 Å². The van der Waals surface area contributed by atoms with Gasteiger partial charge in [-0.2, -0.15) is 0 Å². The Bertz CT molecular complexity index is 170. The van der Waals surface area contributed by atoms with Crippen LogP contribution in [0, 0.1) is 11.3 Å². The van der Waals surface area contributed by atoms with Crippen molar-refractivity contribution in [2.75, 3.05) is 39.9 Å². The number of hydrogen-bond acceptors (Lipinski definition) is 3. The van der Waals surface area contributed by atoms with Crippen LogP contribution in [0.3, 0.4) is 0 Å². The van der Waals surface area contributed by atoms with Gasteiger partial charge in [0.25, 0.3) is 0 Å². The van der Waals surface area contributed by atoms with E-state index in [4.69, 9.17) is 10.5 Å². The largest absolute Gasteiger partial charge is 0.381 e. The van der Waals surface area contributed by atoms with Crippen LogP contribution < -0.4 is 5.73 Å². The third kappa shape index (κ3) is 5.71. The van der Waals surface area contributed by atoms with Crippen molar-refractivity contribution < 1.29 is 4.74 Å². The molecule has 3 nitrogen and oxygen atoms in total. The molecule has 2 N–H and O–H groups in total. The number of rotatable bonds is 5. The van der Waals surface area contributed by atoms with Gasteiger partial charge < -0.3 is 15.4 Å². The first-order chi connectivity index (χ1) is 6.53. The molecule has 1 rings (SSSR count). The highest BCUT2D eigenvalue weighted by atomic mass is 35.5. The van der Waals surface area contributed by atoms with E-state index < -0.39 is 0 Å². The Morgan fingerprint density at radius 3 is 2.60 bits per heavy atom. The maximum Gasteiger partial charge on any atom is 0.0507 e. The molecule has 0 aromatic heterocycles. The maximum atomic E-state index is 5.71. The zero-order valence-electron chi connectivity index (χ0n) is 10.2. The Labute approximate surface area is 99.7 Å². The number of nitrogens with two attached hydrogens (primary N) is 1. The third-order valence-electron chi connectivity index (χ3n) is 2.84. The van der Waals surface area contributed by atoms with Gasteiger partial charge in [0.2, 0.25) is 0 Å². The van der Waals surface area contributed by atoms with Crippen LogP contribution in [-0.4, -0.2) is 44.8 Å². The van der Waals surface area contributed by atoms with Crippen molar-refractivity contribution in [2.45, 2.75) is 20.3 Å². The summed E-state index contributed by atoms with van der Waals surface area (Å²) in [7, 11) is 2.18. The van der Waals surface area contributed by atoms with E-state index in [-0.39, 0.29) is 17.8 Å². The fraction of sp³-hybridized carbons (Fsp3) is 1.00. The molecule has 15 heavy (non-hydrogen) atoms. The van der Waals surface area contributed by atoms with Gasteiger partial charge in [0, 0.05) is 19.7 Å². The van der Waals surface area contributed by atoms with Crippen molar-refractivity contribution in [3.63, 3.8) is 0 Å². The number of nitrogens with zero attached hydrogens (tertiary/aromatic N) is 1. The van der Waals surface area contributed by atoms with Crippen molar-refractivity contribution in [2.24, 2.45) is 17.1 Å². The van der Waals surface area contributed by atoms with Crippen LogP contribution >= 0.6 is 12.4 Å². The molecule has 1 aliphatic rings. The average molecular weight is 237 g/mol. The van der Waals surface area contributed by atoms with Crippen LogP contribution in [0.1, 0.15) is 20.3 Å². The Morgan fingerprint density at radius 1 is 1.47 bits per heavy atom. The zero-order valence-corrected chi connectivity index (χ0v) is 11.0. The first kappa shape index (κ1) is 15.2. The molecular formula is C11H25ClN2O. The number of ether oxygens (including phenoxy) is 1. The minimum atomic E-state index is 0. The third-order valence-corrected chi connectivity index (χ3v) is 2.84. The molecule has 1 heterocycles. The summed E-state index contributed by atoms with van der Waals surface area (Å²) >= 11 is 0. The van der Waals surface area contributed by atoms with Gasteiger partial charge in [-0.1, -0.05) is 13.8 Å². The Balaban J connectivity index is 0.00000196. The molecule has 0 aliphatic carbocycles. The molecule has 1 saturated heterocycles. The lowest BCUT2D eigenvalue weighted by molar-refractivity contribution is 0.158. The highest BCUT2D eigenvalue weighted by molar-refractivity contribution is 5.85. The first-order valence-corrected chi connectivity index (χ1v) is 5.50. The topological polar surface area (TPSA) is 38.5 Å². The van der Waals surface area contributed by atoms with Crippen LogP contribution in [0.15, 0.2) is 0 Å². The van der Waals surface area contributed by atoms with E-state index in [2.05, 4.69) is 25.8 Å². The molecule has 0 bridgehead atoms. The van der Waals surface area contributed by atoms with E-state index >= 15 is 0 Å². The van der Waals surface area contributed by atoms with Crippen LogP contribution in [-0.2, 0) is 4.74 Å². The van der Waals surface area contributed by atoms with Crippen LogP contribution in [0.4, 0.5) is 0 Å². The predicted octanol–water partition coefficient (Wildman–Crippen LogP) is 1.36. The molecule has 0 saturated carbocycles. The van der Waals surface area contributed by atoms with Crippen molar-refractivity contribution in [3.8, 4) is 0 Å². The second-order valence-corrected chi connectivity index (χ2v) is 5.29. The summed E-state index contributed by atoms with van der Waals surface area (Å²) in [5, 5.41) is 0. The monoisotopic (exact) mass is 236 g/mol. The fourth-order valence-corrected chi connectivity index (χ4v) is 2.03. The fourth-order valence-electron chi connectivity index (χ4n) is 2.03. The second kappa shape index (κ2) is 6.69. The van der Waals surface area contributed by atoms with E-state index in [0.29, 0.717) is 0 Å². The molecule has 0 amide bonds. The number of hydrogen-bond donors (Lipinski definition) is 1. The van der Waals surface area contributed by atoms with E-state index in [1.54, 1.807) is 0 Å². The van der Waals surface area contributed by atoms with Crippen molar-refractivity contribution >= 4 is 12.4 Å². The molecule has 0 radical (unpaired) electrons. The lowest BCUT2D eigenvalue weighted by Crippen LogP contribution is -2.38. The van der Waals surface area contributed by atoms with Gasteiger partial charge >= 0.3 is 0 Å². The molecule has 1 atom stereocenters. The minimum absolute atomic E-state index is 0. The van der Waals surface area contributed by atoms with Crippen molar-refractivity contribution in [1.82, 2.24) is 4.90 Å². The Kier molecular flexibility index (Phi) is 6.76. The lowest BCUT2D eigenvalue weighted by atomic mass is 9.93. The quantitative estimate of drug-likeness (QED) is 0.784. The molecule has 0 aromatic carbocycles. The summed E-state index contributed by atoms with van der Waals surface area (Å²) in [6, 6.07) is 0. The van der Waals surface area contributed by atoms with Crippen LogP contribution in [0.5, 0.6) is 0 Å². The summed E-state index contributed by atoms with van der Waals surface area (Å²) in [6.07, 6.45) is 1.22. The highest BCUT2D eigenvalue weighted by Crippen LogP contribution is 2.17. The lowest BCUT2D eigenvalue weighted by Gasteiger charge is -2.30. The highest BCUT2D eigenvalue weighted by Gasteiger charge is 2.22. The minimum Gasteiger partial charge on any atom is -0.381 e. The van der Waals surface area contributed by atoms with Gasteiger partial charge in [-0.05, 0) is 31.3 Å². The zero-order chi connectivity index (χ0) is 10.6. The first-order valence-electron chi connectivity index (χ1n) is 5.50. The molecule has 4 heteroatoms. The number of halogens is 1. The van der Waals surface area contributed by atoms with Gasteiger partial charge in [-0.25, -0.2) is 0 Å². The van der Waals surface area contributed by atoms with Gasteiger partial charge in [0.15, 0.2) is 0 Å².